The van der Waals surface area contributed by atoms with Gasteiger partial charge in [0.15, 0.2) is 0 Å². The third-order valence-electron chi connectivity index (χ3n) is 2.97. The predicted octanol–water partition coefficient (Wildman–Crippen LogP) is 4.18. The molecule has 2 aromatic carbocycles. The maximum absolute atomic E-state index is 5.86. The van der Waals surface area contributed by atoms with E-state index in [0.29, 0.717) is 6.61 Å². The molecule has 0 spiro atoms. The van der Waals surface area contributed by atoms with Crippen molar-refractivity contribution in [2.75, 3.05) is 14.2 Å². The van der Waals surface area contributed by atoms with Gasteiger partial charge in [-0.2, -0.15) is 0 Å². The first-order valence-corrected chi connectivity index (χ1v) is 7.37. The summed E-state index contributed by atoms with van der Waals surface area (Å²) in [6.45, 7) is 0.524. The standard InChI is InChI=1S/C16H17BrO3/c1-18-14-5-3-12(4-6-14)11-20-16-8-7-15(19-2)9-13(16)10-17/h3-9H,10-11H2,1-2H3. The Labute approximate surface area is 127 Å². The van der Waals surface area contributed by atoms with Crippen LogP contribution in [0.15, 0.2) is 42.5 Å². The molecule has 0 unspecified atom stereocenters. The van der Waals surface area contributed by atoms with Crippen molar-refractivity contribution in [2.24, 2.45) is 0 Å². The molecule has 0 radical (unpaired) electrons. The zero-order chi connectivity index (χ0) is 14.4. The molecule has 2 aromatic rings. The molecule has 0 atom stereocenters. The lowest BCUT2D eigenvalue weighted by Gasteiger charge is -2.12. The highest BCUT2D eigenvalue weighted by atomic mass is 79.9. The molecule has 106 valence electrons. The van der Waals surface area contributed by atoms with E-state index in [1.54, 1.807) is 14.2 Å². The molecule has 0 aliphatic carbocycles. The third kappa shape index (κ3) is 3.67. The summed E-state index contributed by atoms with van der Waals surface area (Å²) in [5.41, 5.74) is 2.17. The maximum Gasteiger partial charge on any atom is 0.124 e. The van der Waals surface area contributed by atoms with Gasteiger partial charge in [-0.05, 0) is 35.9 Å². The summed E-state index contributed by atoms with van der Waals surface area (Å²) in [7, 11) is 3.32. The van der Waals surface area contributed by atoms with Crippen LogP contribution in [0.3, 0.4) is 0 Å². The van der Waals surface area contributed by atoms with Gasteiger partial charge in [-0.3, -0.25) is 0 Å². The molecule has 0 amide bonds. The molecule has 0 saturated heterocycles. The fourth-order valence-corrected chi connectivity index (χ4v) is 2.25. The lowest BCUT2D eigenvalue weighted by Crippen LogP contribution is -1.98. The van der Waals surface area contributed by atoms with Crippen molar-refractivity contribution in [2.45, 2.75) is 11.9 Å². The summed E-state index contributed by atoms with van der Waals surface area (Å²) in [5.74, 6) is 2.54. The molecule has 0 heterocycles. The van der Waals surface area contributed by atoms with Crippen LogP contribution < -0.4 is 14.2 Å². The Morgan fingerprint density at radius 1 is 0.900 bits per heavy atom. The van der Waals surface area contributed by atoms with Gasteiger partial charge in [-0.25, -0.2) is 0 Å². The minimum atomic E-state index is 0.524. The first kappa shape index (κ1) is 14.7. The van der Waals surface area contributed by atoms with E-state index in [9.17, 15) is 0 Å². The summed E-state index contributed by atoms with van der Waals surface area (Å²) in [5, 5.41) is 0.724. The number of benzene rings is 2. The first-order chi connectivity index (χ1) is 9.76. The lowest BCUT2D eigenvalue weighted by molar-refractivity contribution is 0.303. The number of hydrogen-bond acceptors (Lipinski definition) is 3. The molecular formula is C16H17BrO3. The number of rotatable bonds is 6. The summed E-state index contributed by atoms with van der Waals surface area (Å²) in [6.07, 6.45) is 0. The largest absolute Gasteiger partial charge is 0.497 e. The van der Waals surface area contributed by atoms with Crippen LogP contribution in [0.2, 0.25) is 0 Å². The average Bonchev–Trinajstić information content (AvgIpc) is 2.53. The van der Waals surface area contributed by atoms with Crippen molar-refractivity contribution in [1.82, 2.24) is 0 Å². The summed E-state index contributed by atoms with van der Waals surface area (Å²) in [4.78, 5) is 0. The molecule has 20 heavy (non-hydrogen) atoms. The number of methoxy groups -OCH3 is 2. The van der Waals surface area contributed by atoms with Gasteiger partial charge < -0.3 is 14.2 Å². The van der Waals surface area contributed by atoms with Crippen LogP contribution in [-0.2, 0) is 11.9 Å². The van der Waals surface area contributed by atoms with E-state index >= 15 is 0 Å². The zero-order valence-corrected chi connectivity index (χ0v) is 13.1. The average molecular weight is 337 g/mol. The summed E-state index contributed by atoms with van der Waals surface area (Å²) >= 11 is 3.46. The monoisotopic (exact) mass is 336 g/mol. The quantitative estimate of drug-likeness (QED) is 0.740. The van der Waals surface area contributed by atoms with Crippen LogP contribution in [0.5, 0.6) is 17.2 Å². The fourth-order valence-electron chi connectivity index (χ4n) is 1.81. The van der Waals surface area contributed by atoms with Crippen LogP contribution in [0.25, 0.3) is 0 Å². The Morgan fingerprint density at radius 3 is 2.15 bits per heavy atom. The predicted molar refractivity (Wildman–Crippen MR) is 83.0 cm³/mol. The Bertz CT molecular complexity index is 552. The molecular weight excluding hydrogens is 320 g/mol. The van der Waals surface area contributed by atoms with Gasteiger partial charge in [-0.15, -0.1) is 0 Å². The zero-order valence-electron chi connectivity index (χ0n) is 11.6. The van der Waals surface area contributed by atoms with Crippen molar-refractivity contribution in [3.63, 3.8) is 0 Å². The van der Waals surface area contributed by atoms with Crippen LogP contribution in [0.1, 0.15) is 11.1 Å². The molecule has 0 aliphatic heterocycles. The van der Waals surface area contributed by atoms with Crippen LogP contribution in [0, 0.1) is 0 Å². The summed E-state index contributed by atoms with van der Waals surface area (Å²) < 4.78 is 16.2. The van der Waals surface area contributed by atoms with E-state index in [0.717, 1.165) is 33.7 Å². The summed E-state index contributed by atoms with van der Waals surface area (Å²) in [6, 6.07) is 13.6. The van der Waals surface area contributed by atoms with E-state index in [4.69, 9.17) is 14.2 Å². The van der Waals surface area contributed by atoms with Gasteiger partial charge in [-0.1, -0.05) is 28.1 Å². The Balaban J connectivity index is 2.05. The number of ether oxygens (including phenoxy) is 3. The van der Waals surface area contributed by atoms with Gasteiger partial charge in [0.25, 0.3) is 0 Å². The molecule has 0 bridgehead atoms. The van der Waals surface area contributed by atoms with Crippen LogP contribution in [0.4, 0.5) is 0 Å². The minimum absolute atomic E-state index is 0.524. The van der Waals surface area contributed by atoms with Gasteiger partial charge in [0, 0.05) is 10.9 Å². The highest BCUT2D eigenvalue weighted by molar-refractivity contribution is 9.08. The smallest absolute Gasteiger partial charge is 0.124 e. The normalized spacial score (nSPS) is 10.2. The number of hydrogen-bond donors (Lipinski definition) is 0. The number of halogens is 1. The fraction of sp³-hybridized carbons (Fsp3) is 0.250. The molecule has 4 heteroatoms. The van der Waals surface area contributed by atoms with E-state index in [1.807, 2.05) is 42.5 Å². The Kier molecular flexibility index (Phi) is 5.30. The Hall–Kier alpha value is -1.68. The second kappa shape index (κ2) is 7.20. The SMILES string of the molecule is COc1ccc(COc2ccc(OC)cc2CBr)cc1. The van der Waals surface area contributed by atoms with Crippen molar-refractivity contribution in [3.8, 4) is 17.2 Å². The lowest BCUT2D eigenvalue weighted by atomic mass is 10.2. The molecule has 0 fully saturated rings. The molecule has 3 nitrogen and oxygen atoms in total. The molecule has 0 saturated carbocycles. The van der Waals surface area contributed by atoms with E-state index in [-0.39, 0.29) is 0 Å². The van der Waals surface area contributed by atoms with Crippen molar-refractivity contribution >= 4 is 15.9 Å². The molecule has 0 aromatic heterocycles. The van der Waals surface area contributed by atoms with Gasteiger partial charge in [0.2, 0.25) is 0 Å². The topological polar surface area (TPSA) is 27.7 Å². The van der Waals surface area contributed by atoms with Crippen LogP contribution >= 0.6 is 15.9 Å². The Morgan fingerprint density at radius 2 is 1.55 bits per heavy atom. The minimum Gasteiger partial charge on any atom is -0.497 e. The van der Waals surface area contributed by atoms with Crippen molar-refractivity contribution in [3.05, 3.63) is 53.6 Å². The van der Waals surface area contributed by atoms with E-state index in [1.165, 1.54) is 0 Å². The van der Waals surface area contributed by atoms with E-state index < -0.39 is 0 Å². The maximum atomic E-state index is 5.86. The van der Waals surface area contributed by atoms with Crippen molar-refractivity contribution in [1.29, 1.82) is 0 Å². The molecule has 0 aliphatic rings. The van der Waals surface area contributed by atoms with E-state index in [2.05, 4.69) is 15.9 Å². The van der Waals surface area contributed by atoms with Crippen molar-refractivity contribution < 1.29 is 14.2 Å². The van der Waals surface area contributed by atoms with Gasteiger partial charge >= 0.3 is 0 Å². The number of alkyl halides is 1. The van der Waals surface area contributed by atoms with Crippen LogP contribution in [-0.4, -0.2) is 14.2 Å². The van der Waals surface area contributed by atoms with Gasteiger partial charge in [0.05, 0.1) is 14.2 Å². The van der Waals surface area contributed by atoms with Gasteiger partial charge in [0.1, 0.15) is 23.9 Å². The second-order valence-electron chi connectivity index (χ2n) is 4.24. The highest BCUT2D eigenvalue weighted by Crippen LogP contribution is 2.27. The second-order valence-corrected chi connectivity index (χ2v) is 4.80. The molecule has 2 rings (SSSR count). The first-order valence-electron chi connectivity index (χ1n) is 6.25. The highest BCUT2D eigenvalue weighted by Gasteiger charge is 2.05. The third-order valence-corrected chi connectivity index (χ3v) is 3.57. The molecule has 0 N–H and O–H groups in total.